The van der Waals surface area contributed by atoms with Crippen molar-refractivity contribution < 1.29 is 4.79 Å². The van der Waals surface area contributed by atoms with E-state index in [1.165, 1.54) is 0 Å². The fourth-order valence-corrected chi connectivity index (χ4v) is 2.56. The first kappa shape index (κ1) is 13.9. The predicted octanol–water partition coefficient (Wildman–Crippen LogP) is 2.07. The van der Waals surface area contributed by atoms with E-state index in [4.69, 9.17) is 5.73 Å². The van der Waals surface area contributed by atoms with Crippen molar-refractivity contribution in [2.75, 3.05) is 18.4 Å². The van der Waals surface area contributed by atoms with Gasteiger partial charge in [0.2, 0.25) is 5.91 Å². The number of benzene rings is 1. The van der Waals surface area contributed by atoms with Crippen LogP contribution in [0.3, 0.4) is 0 Å². The fourth-order valence-electron chi connectivity index (χ4n) is 2.56. The SMILES string of the molecule is CC(C)N1CCC(Nc2cccc(C(N)=O)c2)CC1. The van der Waals surface area contributed by atoms with Gasteiger partial charge < -0.3 is 16.0 Å². The summed E-state index contributed by atoms with van der Waals surface area (Å²) in [7, 11) is 0. The highest BCUT2D eigenvalue weighted by Gasteiger charge is 2.20. The molecule has 0 spiro atoms. The molecule has 1 aliphatic heterocycles. The van der Waals surface area contributed by atoms with Gasteiger partial charge in [-0.3, -0.25) is 4.79 Å². The van der Waals surface area contributed by atoms with Gasteiger partial charge in [0, 0.05) is 36.4 Å². The third kappa shape index (κ3) is 3.70. The second kappa shape index (κ2) is 6.06. The van der Waals surface area contributed by atoms with Crippen LogP contribution in [-0.2, 0) is 0 Å². The summed E-state index contributed by atoms with van der Waals surface area (Å²) in [5.41, 5.74) is 6.84. The lowest BCUT2D eigenvalue weighted by molar-refractivity contribution is 0.100. The van der Waals surface area contributed by atoms with Crippen molar-refractivity contribution in [3.63, 3.8) is 0 Å². The molecular formula is C15H23N3O. The first-order valence-electron chi connectivity index (χ1n) is 6.96. The number of nitrogens with two attached hydrogens (primary N) is 1. The Morgan fingerprint density at radius 3 is 2.63 bits per heavy atom. The molecule has 0 aromatic heterocycles. The minimum atomic E-state index is -0.377. The van der Waals surface area contributed by atoms with Gasteiger partial charge in [-0.05, 0) is 44.9 Å². The number of anilines is 1. The summed E-state index contributed by atoms with van der Waals surface area (Å²) in [5.74, 6) is -0.377. The quantitative estimate of drug-likeness (QED) is 0.872. The number of nitrogens with zero attached hydrogens (tertiary/aromatic N) is 1. The average Bonchev–Trinajstić information content (AvgIpc) is 2.39. The summed E-state index contributed by atoms with van der Waals surface area (Å²) in [5, 5.41) is 3.50. The Labute approximate surface area is 115 Å². The lowest BCUT2D eigenvalue weighted by Crippen LogP contribution is -2.42. The van der Waals surface area contributed by atoms with Gasteiger partial charge in [-0.1, -0.05) is 6.07 Å². The highest BCUT2D eigenvalue weighted by atomic mass is 16.1. The molecule has 1 saturated heterocycles. The summed E-state index contributed by atoms with van der Waals surface area (Å²) >= 11 is 0. The van der Waals surface area contributed by atoms with Crippen molar-refractivity contribution >= 4 is 11.6 Å². The molecule has 0 aliphatic carbocycles. The van der Waals surface area contributed by atoms with E-state index in [2.05, 4.69) is 24.1 Å². The number of hydrogen-bond acceptors (Lipinski definition) is 3. The molecule has 0 saturated carbocycles. The molecule has 4 heteroatoms. The molecule has 0 bridgehead atoms. The van der Waals surface area contributed by atoms with E-state index in [0.29, 0.717) is 17.6 Å². The molecular weight excluding hydrogens is 238 g/mol. The van der Waals surface area contributed by atoms with Crippen molar-refractivity contribution in [1.82, 2.24) is 4.90 Å². The second-order valence-electron chi connectivity index (χ2n) is 5.49. The fraction of sp³-hybridized carbons (Fsp3) is 0.533. The van der Waals surface area contributed by atoms with E-state index in [0.717, 1.165) is 31.6 Å². The van der Waals surface area contributed by atoms with E-state index < -0.39 is 0 Å². The average molecular weight is 261 g/mol. The van der Waals surface area contributed by atoms with Gasteiger partial charge in [0.25, 0.3) is 0 Å². The molecule has 1 aromatic rings. The van der Waals surface area contributed by atoms with Crippen LogP contribution in [0.25, 0.3) is 0 Å². The minimum Gasteiger partial charge on any atom is -0.382 e. The molecule has 0 radical (unpaired) electrons. The molecule has 0 unspecified atom stereocenters. The Kier molecular flexibility index (Phi) is 4.43. The number of likely N-dealkylation sites (tertiary alicyclic amines) is 1. The molecule has 104 valence electrons. The largest absolute Gasteiger partial charge is 0.382 e. The zero-order valence-corrected chi connectivity index (χ0v) is 11.7. The number of hydrogen-bond donors (Lipinski definition) is 2. The van der Waals surface area contributed by atoms with Crippen LogP contribution < -0.4 is 11.1 Å². The van der Waals surface area contributed by atoms with Crippen molar-refractivity contribution in [2.45, 2.75) is 38.8 Å². The lowest BCUT2D eigenvalue weighted by atomic mass is 10.0. The van der Waals surface area contributed by atoms with Crippen LogP contribution in [0.1, 0.15) is 37.0 Å². The molecule has 1 fully saturated rings. The van der Waals surface area contributed by atoms with Crippen LogP contribution in [0.2, 0.25) is 0 Å². The standard InChI is InChI=1S/C15H23N3O/c1-11(2)18-8-6-13(7-9-18)17-14-5-3-4-12(10-14)15(16)19/h3-5,10-11,13,17H,6-9H2,1-2H3,(H2,16,19). The molecule has 1 aromatic carbocycles. The summed E-state index contributed by atoms with van der Waals surface area (Å²) in [6.45, 7) is 6.74. The molecule has 19 heavy (non-hydrogen) atoms. The van der Waals surface area contributed by atoms with Crippen LogP contribution in [0.4, 0.5) is 5.69 Å². The summed E-state index contributed by atoms with van der Waals surface area (Å²) < 4.78 is 0. The maximum absolute atomic E-state index is 11.2. The number of carbonyl (C=O) groups excluding carboxylic acids is 1. The highest BCUT2D eigenvalue weighted by molar-refractivity contribution is 5.93. The van der Waals surface area contributed by atoms with E-state index in [9.17, 15) is 4.79 Å². The molecule has 1 heterocycles. The number of rotatable bonds is 4. The Bertz CT molecular complexity index is 437. The Hall–Kier alpha value is -1.55. The third-order valence-electron chi connectivity index (χ3n) is 3.78. The predicted molar refractivity (Wildman–Crippen MR) is 78.3 cm³/mol. The van der Waals surface area contributed by atoms with Gasteiger partial charge >= 0.3 is 0 Å². The van der Waals surface area contributed by atoms with Crippen LogP contribution in [0.5, 0.6) is 0 Å². The molecule has 3 N–H and O–H groups in total. The van der Waals surface area contributed by atoms with E-state index in [1.54, 1.807) is 6.07 Å². The van der Waals surface area contributed by atoms with Crippen molar-refractivity contribution in [3.8, 4) is 0 Å². The normalized spacial score (nSPS) is 17.6. The maximum Gasteiger partial charge on any atom is 0.248 e. The minimum absolute atomic E-state index is 0.377. The van der Waals surface area contributed by atoms with Gasteiger partial charge in [-0.15, -0.1) is 0 Å². The Morgan fingerprint density at radius 1 is 1.37 bits per heavy atom. The number of amides is 1. The lowest BCUT2D eigenvalue weighted by Gasteiger charge is -2.35. The number of nitrogens with one attached hydrogen (secondary N) is 1. The van der Waals surface area contributed by atoms with Crippen LogP contribution in [0, 0.1) is 0 Å². The van der Waals surface area contributed by atoms with Gasteiger partial charge in [0.15, 0.2) is 0 Å². The van der Waals surface area contributed by atoms with E-state index in [-0.39, 0.29) is 5.91 Å². The first-order chi connectivity index (χ1) is 9.06. The Morgan fingerprint density at radius 2 is 2.05 bits per heavy atom. The van der Waals surface area contributed by atoms with Crippen LogP contribution in [0.15, 0.2) is 24.3 Å². The van der Waals surface area contributed by atoms with Crippen molar-refractivity contribution in [2.24, 2.45) is 5.73 Å². The smallest absolute Gasteiger partial charge is 0.248 e. The third-order valence-corrected chi connectivity index (χ3v) is 3.78. The van der Waals surface area contributed by atoms with Gasteiger partial charge in [0.1, 0.15) is 0 Å². The van der Waals surface area contributed by atoms with Gasteiger partial charge in [-0.2, -0.15) is 0 Å². The van der Waals surface area contributed by atoms with Crippen LogP contribution in [-0.4, -0.2) is 36.0 Å². The van der Waals surface area contributed by atoms with Crippen molar-refractivity contribution in [1.29, 1.82) is 0 Å². The summed E-state index contributed by atoms with van der Waals surface area (Å²) in [6.07, 6.45) is 2.28. The number of primary amides is 1. The summed E-state index contributed by atoms with van der Waals surface area (Å²) in [6, 6.07) is 8.54. The number of piperidine rings is 1. The van der Waals surface area contributed by atoms with Gasteiger partial charge in [0.05, 0.1) is 0 Å². The summed E-state index contributed by atoms with van der Waals surface area (Å²) in [4.78, 5) is 13.6. The zero-order chi connectivity index (χ0) is 13.8. The van der Waals surface area contributed by atoms with E-state index in [1.807, 2.05) is 18.2 Å². The molecule has 2 rings (SSSR count). The second-order valence-corrected chi connectivity index (χ2v) is 5.49. The molecule has 1 amide bonds. The number of carbonyl (C=O) groups is 1. The topological polar surface area (TPSA) is 58.4 Å². The first-order valence-corrected chi connectivity index (χ1v) is 6.96. The van der Waals surface area contributed by atoms with Gasteiger partial charge in [-0.25, -0.2) is 0 Å². The molecule has 0 atom stereocenters. The zero-order valence-electron chi connectivity index (χ0n) is 11.7. The van der Waals surface area contributed by atoms with Crippen molar-refractivity contribution in [3.05, 3.63) is 29.8 Å². The monoisotopic (exact) mass is 261 g/mol. The molecule has 4 nitrogen and oxygen atoms in total. The maximum atomic E-state index is 11.2. The van der Waals surface area contributed by atoms with Crippen LogP contribution >= 0.6 is 0 Å². The molecule has 1 aliphatic rings. The van der Waals surface area contributed by atoms with E-state index >= 15 is 0 Å². The highest BCUT2D eigenvalue weighted by Crippen LogP contribution is 2.18. The Balaban J connectivity index is 1.92.